The molecule has 0 saturated heterocycles. The Morgan fingerprint density at radius 1 is 1.53 bits per heavy atom. The van der Waals surface area contributed by atoms with Gasteiger partial charge in [-0.2, -0.15) is 0 Å². The van der Waals surface area contributed by atoms with Gasteiger partial charge in [0.15, 0.2) is 6.10 Å². The van der Waals surface area contributed by atoms with Gasteiger partial charge in [-0.05, 0) is 30.5 Å². The van der Waals surface area contributed by atoms with Crippen molar-refractivity contribution in [2.75, 3.05) is 6.61 Å². The van der Waals surface area contributed by atoms with Crippen molar-refractivity contribution in [3.8, 4) is 0 Å². The molecule has 4 heteroatoms. The number of carboxylic acids is 1. The van der Waals surface area contributed by atoms with Gasteiger partial charge in [-0.25, -0.2) is 4.79 Å². The van der Waals surface area contributed by atoms with E-state index in [-0.39, 0.29) is 0 Å². The van der Waals surface area contributed by atoms with E-state index in [9.17, 15) is 4.79 Å². The second kappa shape index (κ2) is 6.62. The lowest BCUT2D eigenvalue weighted by Crippen LogP contribution is -2.27. The van der Waals surface area contributed by atoms with Crippen molar-refractivity contribution < 1.29 is 14.6 Å². The first kappa shape index (κ1) is 14.0. The molecular weight excluding hydrogens is 240 g/mol. The lowest BCUT2D eigenvalue weighted by molar-refractivity contribution is -0.150. The molecule has 0 amide bonds. The number of carbonyl (C=O) groups is 1. The van der Waals surface area contributed by atoms with Crippen molar-refractivity contribution in [3.63, 3.8) is 0 Å². The molecule has 0 bridgehead atoms. The Morgan fingerprint density at radius 3 is 2.82 bits per heavy atom. The summed E-state index contributed by atoms with van der Waals surface area (Å²) in [5.74, 6) is -0.933. The fourth-order valence-corrected chi connectivity index (χ4v) is 1.74. The van der Waals surface area contributed by atoms with Crippen molar-refractivity contribution >= 4 is 17.6 Å². The molecule has 1 unspecified atom stereocenters. The fraction of sp³-hybridized carbons (Fsp3) is 0.462. The van der Waals surface area contributed by atoms with Crippen LogP contribution in [-0.4, -0.2) is 23.8 Å². The molecule has 0 fully saturated rings. The summed E-state index contributed by atoms with van der Waals surface area (Å²) in [7, 11) is 0. The summed E-state index contributed by atoms with van der Waals surface area (Å²) >= 11 is 5.99. The number of carboxylic acid groups (broad SMARTS) is 1. The van der Waals surface area contributed by atoms with Gasteiger partial charge in [-0.1, -0.05) is 30.7 Å². The summed E-state index contributed by atoms with van der Waals surface area (Å²) in [5.41, 5.74) is 1.83. The molecule has 0 aromatic heterocycles. The highest BCUT2D eigenvalue weighted by atomic mass is 35.5. The molecule has 1 atom stereocenters. The summed E-state index contributed by atoms with van der Waals surface area (Å²) in [6.45, 7) is 4.29. The molecule has 94 valence electrons. The van der Waals surface area contributed by atoms with Gasteiger partial charge < -0.3 is 9.84 Å². The van der Waals surface area contributed by atoms with Crippen LogP contribution in [0.25, 0.3) is 0 Å². The normalized spacial score (nSPS) is 12.4. The second-order valence-electron chi connectivity index (χ2n) is 3.93. The van der Waals surface area contributed by atoms with Crippen LogP contribution in [0.4, 0.5) is 0 Å². The third kappa shape index (κ3) is 4.02. The number of halogens is 1. The van der Waals surface area contributed by atoms with Crippen LogP contribution in [0.5, 0.6) is 0 Å². The van der Waals surface area contributed by atoms with E-state index < -0.39 is 12.1 Å². The van der Waals surface area contributed by atoms with Crippen molar-refractivity contribution in [2.24, 2.45) is 0 Å². The Kier molecular flexibility index (Phi) is 5.45. The minimum Gasteiger partial charge on any atom is -0.479 e. The number of ether oxygens (including phenoxy) is 1. The van der Waals surface area contributed by atoms with Gasteiger partial charge in [-0.3, -0.25) is 0 Å². The minimum absolute atomic E-state index is 0.349. The molecule has 1 N–H and O–H groups in total. The highest BCUT2D eigenvalue weighted by Gasteiger charge is 2.19. The van der Waals surface area contributed by atoms with Crippen LogP contribution in [0, 0.1) is 6.92 Å². The van der Waals surface area contributed by atoms with Gasteiger partial charge in [0.05, 0.1) is 0 Å². The Bertz CT molecular complexity index is 390. The predicted octanol–water partition coefficient (Wildman–Crippen LogP) is 3.07. The minimum atomic E-state index is -0.933. The molecule has 0 spiro atoms. The monoisotopic (exact) mass is 256 g/mol. The second-order valence-corrected chi connectivity index (χ2v) is 4.33. The van der Waals surface area contributed by atoms with E-state index in [0.717, 1.165) is 17.5 Å². The Balaban J connectivity index is 2.78. The first-order valence-corrected chi connectivity index (χ1v) is 6.02. The largest absolute Gasteiger partial charge is 0.479 e. The summed E-state index contributed by atoms with van der Waals surface area (Å²) < 4.78 is 5.31. The maximum Gasteiger partial charge on any atom is 0.333 e. The maximum absolute atomic E-state index is 11.0. The van der Waals surface area contributed by atoms with E-state index in [0.29, 0.717) is 18.1 Å². The van der Waals surface area contributed by atoms with Gasteiger partial charge in [-0.15, -0.1) is 0 Å². The van der Waals surface area contributed by atoms with Crippen LogP contribution in [-0.2, 0) is 16.0 Å². The van der Waals surface area contributed by atoms with E-state index in [1.165, 1.54) is 0 Å². The number of hydrogen-bond donors (Lipinski definition) is 1. The van der Waals surface area contributed by atoms with Crippen LogP contribution in [0.1, 0.15) is 24.5 Å². The molecule has 0 heterocycles. The Labute approximate surface area is 106 Å². The average molecular weight is 257 g/mol. The smallest absolute Gasteiger partial charge is 0.333 e. The van der Waals surface area contributed by atoms with Crippen LogP contribution in [0.3, 0.4) is 0 Å². The van der Waals surface area contributed by atoms with Crippen molar-refractivity contribution in [1.82, 2.24) is 0 Å². The number of rotatable bonds is 6. The van der Waals surface area contributed by atoms with Gasteiger partial charge in [0.25, 0.3) is 0 Å². The van der Waals surface area contributed by atoms with Crippen molar-refractivity contribution in [2.45, 2.75) is 32.8 Å². The van der Waals surface area contributed by atoms with E-state index in [2.05, 4.69) is 0 Å². The number of benzene rings is 1. The van der Waals surface area contributed by atoms with Crippen LogP contribution in [0.2, 0.25) is 5.02 Å². The summed E-state index contributed by atoms with van der Waals surface area (Å²) in [4.78, 5) is 11.0. The molecule has 1 aromatic carbocycles. The zero-order chi connectivity index (χ0) is 12.8. The van der Waals surface area contributed by atoms with Gasteiger partial charge in [0, 0.05) is 18.1 Å². The number of aliphatic carboxylic acids is 1. The zero-order valence-electron chi connectivity index (χ0n) is 10.1. The molecule has 0 radical (unpaired) electrons. The lowest BCUT2D eigenvalue weighted by Gasteiger charge is -2.15. The van der Waals surface area contributed by atoms with Crippen molar-refractivity contribution in [1.29, 1.82) is 0 Å². The molecule has 0 aliphatic carbocycles. The van der Waals surface area contributed by atoms with Gasteiger partial charge >= 0.3 is 5.97 Å². The standard InChI is InChI=1S/C13H17ClO3/c1-3-7-17-12(13(15)16)8-10-5-4-6-11(14)9(10)2/h4-6,12H,3,7-8H2,1-2H3,(H,15,16). The first-order chi connectivity index (χ1) is 8.06. The van der Waals surface area contributed by atoms with E-state index >= 15 is 0 Å². The third-order valence-corrected chi connectivity index (χ3v) is 2.99. The van der Waals surface area contributed by atoms with Crippen LogP contribution in [0.15, 0.2) is 18.2 Å². The topological polar surface area (TPSA) is 46.5 Å². The summed E-state index contributed by atoms with van der Waals surface area (Å²) in [6, 6.07) is 5.50. The molecule has 0 saturated carbocycles. The highest BCUT2D eigenvalue weighted by Crippen LogP contribution is 2.20. The van der Waals surface area contributed by atoms with E-state index in [1.807, 2.05) is 26.0 Å². The molecule has 1 rings (SSSR count). The quantitative estimate of drug-likeness (QED) is 0.851. The highest BCUT2D eigenvalue weighted by molar-refractivity contribution is 6.31. The molecule has 0 aliphatic heterocycles. The van der Waals surface area contributed by atoms with Crippen LogP contribution >= 0.6 is 11.6 Å². The molecular formula is C13H17ClO3. The first-order valence-electron chi connectivity index (χ1n) is 5.64. The molecule has 1 aromatic rings. The molecule has 17 heavy (non-hydrogen) atoms. The third-order valence-electron chi connectivity index (χ3n) is 2.58. The summed E-state index contributed by atoms with van der Waals surface area (Å²) in [5, 5.41) is 9.72. The lowest BCUT2D eigenvalue weighted by atomic mass is 10.0. The zero-order valence-corrected chi connectivity index (χ0v) is 10.8. The van der Waals surface area contributed by atoms with Gasteiger partial charge in [0.2, 0.25) is 0 Å². The summed E-state index contributed by atoms with van der Waals surface area (Å²) in [6.07, 6.45) is 0.354. The maximum atomic E-state index is 11.0. The molecule has 0 aliphatic rings. The van der Waals surface area contributed by atoms with Crippen molar-refractivity contribution in [3.05, 3.63) is 34.3 Å². The van der Waals surface area contributed by atoms with E-state index in [4.69, 9.17) is 21.4 Å². The SMILES string of the molecule is CCCOC(Cc1cccc(Cl)c1C)C(=O)O. The average Bonchev–Trinajstić information content (AvgIpc) is 2.29. The Morgan fingerprint density at radius 2 is 2.24 bits per heavy atom. The predicted molar refractivity (Wildman–Crippen MR) is 67.6 cm³/mol. The fourth-order valence-electron chi connectivity index (χ4n) is 1.55. The number of hydrogen-bond acceptors (Lipinski definition) is 2. The Hall–Kier alpha value is -1.06. The van der Waals surface area contributed by atoms with Crippen LogP contribution < -0.4 is 0 Å². The van der Waals surface area contributed by atoms with E-state index in [1.54, 1.807) is 6.07 Å². The van der Waals surface area contributed by atoms with Gasteiger partial charge in [0.1, 0.15) is 0 Å². The molecule has 3 nitrogen and oxygen atoms in total.